The molecule has 2 aliphatic carbocycles. The van der Waals surface area contributed by atoms with Gasteiger partial charge in [-0.15, -0.1) is 0 Å². The van der Waals surface area contributed by atoms with E-state index in [2.05, 4.69) is 0 Å². The molecular formula is C9H14O4S. The zero-order chi connectivity index (χ0) is 10.4. The normalized spacial score (nSPS) is 37.5. The summed E-state index contributed by atoms with van der Waals surface area (Å²) in [6.45, 7) is 0. The highest BCUT2D eigenvalue weighted by atomic mass is 32.2. The van der Waals surface area contributed by atoms with Crippen molar-refractivity contribution in [1.29, 1.82) is 0 Å². The van der Waals surface area contributed by atoms with E-state index in [-0.39, 0.29) is 17.5 Å². The topological polar surface area (TPSA) is 71.4 Å². The molecule has 2 rings (SSSR count). The summed E-state index contributed by atoms with van der Waals surface area (Å²) in [5.74, 6) is -0.118. The largest absolute Gasteiger partial charge is 0.299 e. The minimum Gasteiger partial charge on any atom is -0.299 e. The summed E-state index contributed by atoms with van der Waals surface area (Å²) in [5.41, 5.74) is -0.716. The fraction of sp³-hybridized carbons (Fsp3) is 0.889. The molecule has 5 heteroatoms. The summed E-state index contributed by atoms with van der Waals surface area (Å²) in [5, 5.41) is 0. The molecule has 0 aliphatic heterocycles. The lowest BCUT2D eigenvalue weighted by Crippen LogP contribution is -2.53. The van der Waals surface area contributed by atoms with Crippen LogP contribution >= 0.6 is 0 Å². The number of rotatable bonds is 2. The van der Waals surface area contributed by atoms with Crippen LogP contribution in [0.2, 0.25) is 0 Å². The zero-order valence-electron chi connectivity index (χ0n) is 7.90. The molecule has 0 amide bonds. The van der Waals surface area contributed by atoms with Crippen molar-refractivity contribution >= 4 is 15.9 Å². The number of hydrogen-bond acceptors (Lipinski definition) is 3. The Kier molecular flexibility index (Phi) is 2.19. The molecule has 2 atom stereocenters. The molecule has 4 nitrogen and oxygen atoms in total. The Labute approximate surface area is 83.4 Å². The zero-order valence-corrected chi connectivity index (χ0v) is 8.72. The van der Waals surface area contributed by atoms with Gasteiger partial charge in [0.1, 0.15) is 5.78 Å². The standard InChI is InChI=1S/C9H14O4S/c10-8-3-1-2-7-4-5-9(7,8)6-14(11,12)13/h7H,1-6H2,(H,11,12,13)/t7?,9-/m0/s1. The number of Topliss-reactive ketones (excluding diaryl/α,β-unsaturated/α-hetero) is 1. The third kappa shape index (κ3) is 1.48. The lowest BCUT2D eigenvalue weighted by molar-refractivity contribution is -0.141. The van der Waals surface area contributed by atoms with E-state index >= 15 is 0 Å². The first-order valence-corrected chi connectivity index (χ1v) is 6.53. The van der Waals surface area contributed by atoms with E-state index in [1.54, 1.807) is 0 Å². The Bertz CT molecular complexity index is 359. The fourth-order valence-electron chi connectivity index (χ4n) is 2.84. The van der Waals surface area contributed by atoms with Crippen LogP contribution in [0.25, 0.3) is 0 Å². The molecule has 2 aliphatic rings. The molecule has 0 aromatic carbocycles. The average molecular weight is 218 g/mol. The summed E-state index contributed by atoms with van der Waals surface area (Å²) in [6.07, 6.45) is 3.85. The second kappa shape index (κ2) is 3.03. The summed E-state index contributed by atoms with van der Waals surface area (Å²) in [6, 6.07) is 0. The highest BCUT2D eigenvalue weighted by Crippen LogP contribution is 2.54. The van der Waals surface area contributed by atoms with Crippen molar-refractivity contribution in [3.63, 3.8) is 0 Å². The Morgan fingerprint density at radius 2 is 2.14 bits per heavy atom. The molecule has 0 bridgehead atoms. The quantitative estimate of drug-likeness (QED) is 0.702. The van der Waals surface area contributed by atoms with Crippen LogP contribution in [0.3, 0.4) is 0 Å². The van der Waals surface area contributed by atoms with E-state index in [9.17, 15) is 13.2 Å². The van der Waals surface area contributed by atoms with Crippen LogP contribution in [0.15, 0.2) is 0 Å². The van der Waals surface area contributed by atoms with Gasteiger partial charge in [-0.05, 0) is 31.6 Å². The summed E-state index contributed by atoms with van der Waals surface area (Å²) < 4.78 is 30.5. The Balaban J connectivity index is 2.24. The lowest BCUT2D eigenvalue weighted by atomic mass is 9.54. The predicted octanol–water partition coefficient (Wildman–Crippen LogP) is 1.02. The number of fused-ring (bicyclic) bond motifs is 1. The van der Waals surface area contributed by atoms with Crippen LogP contribution in [0.4, 0.5) is 0 Å². The Morgan fingerprint density at radius 3 is 2.57 bits per heavy atom. The number of carbonyl (C=O) groups excluding carboxylic acids is 1. The molecule has 0 aromatic rings. The van der Waals surface area contributed by atoms with Crippen molar-refractivity contribution in [1.82, 2.24) is 0 Å². The molecule has 0 radical (unpaired) electrons. The summed E-state index contributed by atoms with van der Waals surface area (Å²) in [4.78, 5) is 11.7. The number of carbonyl (C=O) groups is 1. The maximum absolute atomic E-state index is 11.7. The second-order valence-corrected chi connectivity index (χ2v) is 5.89. The summed E-state index contributed by atoms with van der Waals surface area (Å²) in [7, 11) is -4.02. The molecule has 2 fully saturated rings. The van der Waals surface area contributed by atoms with Crippen LogP contribution in [0.1, 0.15) is 32.1 Å². The van der Waals surface area contributed by atoms with Crippen molar-refractivity contribution in [2.75, 3.05) is 5.75 Å². The van der Waals surface area contributed by atoms with Gasteiger partial charge < -0.3 is 0 Å². The van der Waals surface area contributed by atoms with Crippen LogP contribution in [-0.2, 0) is 14.9 Å². The lowest BCUT2D eigenvalue weighted by Gasteiger charge is -2.50. The van der Waals surface area contributed by atoms with Crippen molar-refractivity contribution < 1.29 is 17.8 Å². The SMILES string of the molecule is O=C1CCCC2CC[C@@]12CS(=O)(=O)O. The third-order valence-corrected chi connectivity index (χ3v) is 4.55. The van der Waals surface area contributed by atoms with Crippen LogP contribution in [0, 0.1) is 11.3 Å². The van der Waals surface area contributed by atoms with Crippen molar-refractivity contribution in [2.24, 2.45) is 11.3 Å². The van der Waals surface area contributed by atoms with Crippen molar-refractivity contribution in [2.45, 2.75) is 32.1 Å². The molecule has 1 N–H and O–H groups in total. The fourth-order valence-corrected chi connectivity index (χ4v) is 4.03. The van der Waals surface area contributed by atoms with E-state index in [0.29, 0.717) is 12.8 Å². The molecule has 14 heavy (non-hydrogen) atoms. The molecule has 0 saturated heterocycles. The molecule has 0 aromatic heterocycles. The number of ketones is 1. The van der Waals surface area contributed by atoms with Gasteiger partial charge in [-0.2, -0.15) is 8.42 Å². The third-order valence-electron chi connectivity index (χ3n) is 3.67. The predicted molar refractivity (Wildman–Crippen MR) is 50.4 cm³/mol. The monoisotopic (exact) mass is 218 g/mol. The minimum absolute atomic E-state index is 0.0395. The molecule has 0 heterocycles. The maximum atomic E-state index is 11.7. The van der Waals surface area contributed by atoms with E-state index in [0.717, 1.165) is 19.3 Å². The molecule has 2 saturated carbocycles. The summed E-state index contributed by atoms with van der Waals surface area (Å²) >= 11 is 0. The van der Waals surface area contributed by atoms with Gasteiger partial charge in [0, 0.05) is 11.8 Å². The van der Waals surface area contributed by atoms with Crippen molar-refractivity contribution in [3.8, 4) is 0 Å². The van der Waals surface area contributed by atoms with Gasteiger partial charge in [-0.1, -0.05) is 0 Å². The van der Waals surface area contributed by atoms with E-state index in [1.807, 2.05) is 0 Å². The first-order valence-electron chi connectivity index (χ1n) is 4.92. The second-order valence-electron chi connectivity index (χ2n) is 4.43. The Morgan fingerprint density at radius 1 is 1.43 bits per heavy atom. The first kappa shape index (κ1) is 10.1. The molecule has 1 unspecified atom stereocenters. The van der Waals surface area contributed by atoms with Gasteiger partial charge in [0.2, 0.25) is 0 Å². The van der Waals surface area contributed by atoms with Gasteiger partial charge >= 0.3 is 0 Å². The first-order chi connectivity index (χ1) is 6.44. The minimum atomic E-state index is -4.02. The van der Waals surface area contributed by atoms with Gasteiger partial charge in [0.05, 0.1) is 5.75 Å². The van der Waals surface area contributed by atoms with Crippen LogP contribution < -0.4 is 0 Å². The smallest absolute Gasteiger partial charge is 0.265 e. The van der Waals surface area contributed by atoms with E-state index in [4.69, 9.17) is 4.55 Å². The Hall–Kier alpha value is -0.420. The van der Waals surface area contributed by atoms with Crippen molar-refractivity contribution in [3.05, 3.63) is 0 Å². The highest BCUT2D eigenvalue weighted by molar-refractivity contribution is 7.85. The van der Waals surface area contributed by atoms with Gasteiger partial charge in [0.15, 0.2) is 0 Å². The number of hydrogen-bond donors (Lipinski definition) is 1. The molecule has 0 spiro atoms. The van der Waals surface area contributed by atoms with Crippen LogP contribution in [0.5, 0.6) is 0 Å². The van der Waals surface area contributed by atoms with E-state index in [1.165, 1.54) is 0 Å². The van der Waals surface area contributed by atoms with E-state index < -0.39 is 15.5 Å². The maximum Gasteiger partial charge on any atom is 0.265 e. The van der Waals surface area contributed by atoms with Gasteiger partial charge in [0.25, 0.3) is 10.1 Å². The van der Waals surface area contributed by atoms with Crippen LogP contribution in [-0.4, -0.2) is 24.5 Å². The van der Waals surface area contributed by atoms with Gasteiger partial charge in [-0.3, -0.25) is 9.35 Å². The molecule has 80 valence electrons. The van der Waals surface area contributed by atoms with Gasteiger partial charge in [-0.25, -0.2) is 0 Å². The average Bonchev–Trinajstić information content (AvgIpc) is 2.01. The highest BCUT2D eigenvalue weighted by Gasteiger charge is 2.55. The molecular weight excluding hydrogens is 204 g/mol.